The van der Waals surface area contributed by atoms with Gasteiger partial charge in [-0.25, -0.2) is 0 Å². The molecule has 2 aromatic carbocycles. The number of fused-ring (bicyclic) bond motifs is 1. The summed E-state index contributed by atoms with van der Waals surface area (Å²) in [5, 5.41) is 4.07. The Bertz CT molecular complexity index is 1360. The lowest BCUT2D eigenvalue weighted by Crippen LogP contribution is -2.47. The van der Waals surface area contributed by atoms with Gasteiger partial charge in [-0.2, -0.15) is 26.7 Å². The summed E-state index contributed by atoms with van der Waals surface area (Å²) in [5.41, 5.74) is -0.111. The fourth-order valence-electron chi connectivity index (χ4n) is 4.54. The molecule has 11 heteroatoms. The molecule has 7 nitrogen and oxygen atoms in total. The summed E-state index contributed by atoms with van der Waals surface area (Å²) in [6.07, 6.45) is -0.767. The van der Waals surface area contributed by atoms with E-state index in [0.29, 0.717) is 17.7 Å². The summed E-state index contributed by atoms with van der Waals surface area (Å²) in [6.45, 7) is 0. The van der Waals surface area contributed by atoms with Gasteiger partial charge >= 0.3 is 6.18 Å². The van der Waals surface area contributed by atoms with E-state index < -0.39 is 33.6 Å². The number of rotatable bonds is 4. The van der Waals surface area contributed by atoms with Crippen LogP contribution in [0.15, 0.2) is 53.6 Å². The highest BCUT2D eigenvalue weighted by atomic mass is 32.2. The molecule has 3 aromatic rings. The third kappa shape index (κ3) is 4.03. The smallest absolute Gasteiger partial charge is 0.416 e. The molecule has 1 fully saturated rings. The molecule has 1 spiro atoms. The molecule has 1 unspecified atom stereocenters. The number of benzene rings is 2. The molecule has 2 aliphatic rings. The molecule has 0 saturated heterocycles. The first kappa shape index (κ1) is 22.7. The maximum absolute atomic E-state index is 13.4. The number of halogens is 3. The van der Waals surface area contributed by atoms with E-state index in [0.717, 1.165) is 31.4 Å². The van der Waals surface area contributed by atoms with Crippen molar-refractivity contribution < 1.29 is 35.6 Å². The first-order chi connectivity index (χ1) is 16.0. The summed E-state index contributed by atoms with van der Waals surface area (Å²) in [7, 11) is -2.81. The van der Waals surface area contributed by atoms with Gasteiger partial charge in [-0.15, -0.1) is 0 Å². The fraction of sp³-hybridized carbons (Fsp3) is 0.348. The molecule has 0 amide bonds. The van der Waals surface area contributed by atoms with E-state index in [1.165, 1.54) is 35.1 Å². The number of ether oxygens (including phenoxy) is 2. The molecule has 1 aliphatic carbocycles. The van der Waals surface area contributed by atoms with Gasteiger partial charge in [0.15, 0.2) is 0 Å². The second-order valence-corrected chi connectivity index (χ2v) is 10.1. The van der Waals surface area contributed by atoms with Gasteiger partial charge in [0.1, 0.15) is 23.2 Å². The van der Waals surface area contributed by atoms with Crippen molar-refractivity contribution in [2.75, 3.05) is 0 Å². The summed E-state index contributed by atoms with van der Waals surface area (Å²) in [5.74, 6) is 0.517. The second-order valence-electron chi connectivity index (χ2n) is 8.67. The van der Waals surface area contributed by atoms with Crippen LogP contribution >= 0.6 is 0 Å². The predicted octanol–water partition coefficient (Wildman–Crippen LogP) is 5.18. The average molecular weight is 494 g/mol. The Morgan fingerprint density at radius 1 is 1.18 bits per heavy atom. The largest absolute Gasteiger partial charge is 0.487 e. The maximum Gasteiger partial charge on any atom is 0.416 e. The van der Waals surface area contributed by atoms with Crippen LogP contribution in [-0.4, -0.2) is 28.4 Å². The minimum atomic E-state index is -4.53. The van der Waals surface area contributed by atoms with E-state index in [2.05, 4.69) is 5.10 Å². The Kier molecular flexibility index (Phi) is 5.17. The van der Waals surface area contributed by atoms with Gasteiger partial charge in [0.2, 0.25) is 0 Å². The van der Waals surface area contributed by atoms with Crippen LogP contribution in [0.4, 0.5) is 13.2 Å². The van der Waals surface area contributed by atoms with Gasteiger partial charge in [0.25, 0.3) is 10.1 Å². The van der Waals surface area contributed by atoms with E-state index in [9.17, 15) is 26.1 Å². The van der Waals surface area contributed by atoms with Crippen LogP contribution in [0.1, 0.15) is 42.9 Å². The zero-order valence-corrected chi connectivity index (χ0v) is 18.9. The number of nitrogens with zero attached hydrogens (tertiary/aromatic N) is 2. The van der Waals surface area contributed by atoms with Gasteiger partial charge in [0, 0.05) is 36.9 Å². The topological polar surface area (TPSA) is 90.7 Å². The van der Waals surface area contributed by atoms with Crippen LogP contribution in [0.5, 0.6) is 11.5 Å². The van der Waals surface area contributed by atoms with Crippen molar-refractivity contribution in [3.05, 3.63) is 59.8 Å². The second kappa shape index (κ2) is 7.74. The fourth-order valence-corrected chi connectivity index (χ4v) is 5.03. The Morgan fingerprint density at radius 2 is 1.94 bits per heavy atom. The third-order valence-electron chi connectivity index (χ3n) is 6.45. The van der Waals surface area contributed by atoms with Crippen molar-refractivity contribution in [1.29, 1.82) is 0 Å². The first-order valence-corrected chi connectivity index (χ1v) is 12.1. The van der Waals surface area contributed by atoms with E-state index in [1.54, 1.807) is 13.1 Å². The zero-order valence-electron chi connectivity index (χ0n) is 18.0. The van der Waals surface area contributed by atoms with Crippen LogP contribution in [0.3, 0.4) is 0 Å². The first-order valence-electron chi connectivity index (χ1n) is 10.6. The van der Waals surface area contributed by atoms with Gasteiger partial charge in [0.05, 0.1) is 16.2 Å². The zero-order chi connectivity index (χ0) is 24.3. The molecule has 5 rings (SSSR count). The normalized spacial score (nSPS) is 19.3. The minimum Gasteiger partial charge on any atom is -0.487 e. The maximum atomic E-state index is 13.4. The summed E-state index contributed by atoms with van der Waals surface area (Å²) in [6, 6.07) is 8.91. The van der Waals surface area contributed by atoms with E-state index in [4.69, 9.17) is 9.47 Å². The van der Waals surface area contributed by atoms with Crippen molar-refractivity contribution in [2.45, 2.75) is 48.5 Å². The Labute approximate surface area is 193 Å². The van der Waals surface area contributed by atoms with E-state index in [1.807, 2.05) is 0 Å². The van der Waals surface area contributed by atoms with Crippen molar-refractivity contribution in [3.63, 3.8) is 0 Å². The molecule has 2 heterocycles. The molecule has 1 saturated carbocycles. The summed E-state index contributed by atoms with van der Waals surface area (Å²) < 4.78 is 86.9. The Morgan fingerprint density at radius 3 is 2.53 bits per heavy atom. The standard InChI is InChI=1S/C23H21F3N2O5S/c1-28-18(7-10-27-28)17-11-14(23(24,25)26)3-6-19(17)32-21-13-22(8-2-9-22)33-20-12-15(34(29,30)31)4-5-16(20)21/h3-7,10-12,21H,2,8-9,13H2,1H3,(H,29,30,31). The SMILES string of the molecule is Cn1nccc1-c1cc(C(F)(F)F)ccc1OC1CC2(CCC2)Oc2cc(S(=O)(=O)O)ccc21. The lowest BCUT2D eigenvalue weighted by atomic mass is 9.73. The highest BCUT2D eigenvalue weighted by Crippen LogP contribution is 2.51. The van der Waals surface area contributed by atoms with Crippen molar-refractivity contribution in [1.82, 2.24) is 9.78 Å². The number of alkyl halides is 3. The predicted molar refractivity (Wildman–Crippen MR) is 115 cm³/mol. The van der Waals surface area contributed by atoms with Gasteiger partial charge in [-0.1, -0.05) is 6.07 Å². The summed E-state index contributed by atoms with van der Waals surface area (Å²) in [4.78, 5) is -0.300. The van der Waals surface area contributed by atoms with Crippen molar-refractivity contribution in [3.8, 4) is 22.8 Å². The highest BCUT2D eigenvalue weighted by Gasteiger charge is 2.47. The van der Waals surface area contributed by atoms with E-state index in [-0.39, 0.29) is 22.0 Å². The number of hydrogen-bond donors (Lipinski definition) is 1. The van der Waals surface area contributed by atoms with Crippen LogP contribution < -0.4 is 9.47 Å². The number of hydrogen-bond acceptors (Lipinski definition) is 5. The molecule has 0 bridgehead atoms. The molecule has 34 heavy (non-hydrogen) atoms. The monoisotopic (exact) mass is 494 g/mol. The lowest BCUT2D eigenvalue weighted by molar-refractivity contribution is -0.137. The van der Waals surface area contributed by atoms with Crippen LogP contribution in [0.25, 0.3) is 11.3 Å². The van der Waals surface area contributed by atoms with Crippen LogP contribution in [-0.2, 0) is 23.3 Å². The van der Waals surface area contributed by atoms with E-state index >= 15 is 0 Å². The molecule has 1 aliphatic heterocycles. The quantitative estimate of drug-likeness (QED) is 0.503. The third-order valence-corrected chi connectivity index (χ3v) is 7.30. The molecule has 1 N–H and O–H groups in total. The number of aromatic nitrogens is 2. The van der Waals surface area contributed by atoms with Gasteiger partial charge < -0.3 is 9.47 Å². The molecule has 0 radical (unpaired) electrons. The lowest BCUT2D eigenvalue weighted by Gasteiger charge is -2.47. The Hall–Kier alpha value is -3.05. The molecule has 1 aromatic heterocycles. The minimum absolute atomic E-state index is 0.236. The van der Waals surface area contributed by atoms with Crippen LogP contribution in [0.2, 0.25) is 0 Å². The average Bonchev–Trinajstić information content (AvgIpc) is 3.16. The Balaban J connectivity index is 1.59. The van der Waals surface area contributed by atoms with Gasteiger partial charge in [-0.3, -0.25) is 9.23 Å². The van der Waals surface area contributed by atoms with Crippen molar-refractivity contribution in [2.24, 2.45) is 7.05 Å². The molecular weight excluding hydrogens is 473 g/mol. The summed E-state index contributed by atoms with van der Waals surface area (Å²) >= 11 is 0. The van der Waals surface area contributed by atoms with Gasteiger partial charge in [-0.05, 0) is 49.6 Å². The molecule has 180 valence electrons. The molecule has 1 atom stereocenters. The number of aryl methyl sites for hydroxylation is 1. The van der Waals surface area contributed by atoms with Crippen molar-refractivity contribution >= 4 is 10.1 Å². The van der Waals surface area contributed by atoms with Crippen LogP contribution in [0, 0.1) is 0 Å². The highest BCUT2D eigenvalue weighted by molar-refractivity contribution is 7.85. The molecular formula is C23H21F3N2O5S.